The van der Waals surface area contributed by atoms with E-state index in [1.54, 1.807) is 18.2 Å². The smallest absolute Gasteiger partial charge is 0.462 e. The molecule has 0 amide bonds. The normalized spacial score (nSPS) is 28.2. The summed E-state index contributed by atoms with van der Waals surface area (Å²) in [5.74, 6) is -4.86. The Morgan fingerprint density at radius 2 is 1.92 bits per heavy atom. The molecule has 0 unspecified atom stereocenters. The Bertz CT molecular complexity index is 1230. The van der Waals surface area contributed by atoms with Crippen LogP contribution in [-0.4, -0.2) is 66.7 Å². The van der Waals surface area contributed by atoms with Gasteiger partial charge in [-0.05, 0) is 45.9 Å². The van der Waals surface area contributed by atoms with Gasteiger partial charge >= 0.3 is 19.4 Å². The molecule has 0 spiro atoms. The van der Waals surface area contributed by atoms with Gasteiger partial charge in [-0.2, -0.15) is 9.65 Å². The van der Waals surface area contributed by atoms with Crippen LogP contribution in [0.3, 0.4) is 0 Å². The number of carboxylic acid groups (broad SMARTS) is 1. The molecule has 1 fully saturated rings. The highest BCUT2D eigenvalue weighted by Gasteiger charge is 2.65. The Morgan fingerprint density at radius 1 is 1.30 bits per heavy atom. The van der Waals surface area contributed by atoms with E-state index >= 15 is 8.78 Å². The summed E-state index contributed by atoms with van der Waals surface area (Å²) >= 11 is 0. The number of carbonyl (C=O) groups is 1. The number of aromatic nitrogens is 2. The van der Waals surface area contributed by atoms with Gasteiger partial charge in [-0.25, -0.2) is 18.1 Å². The van der Waals surface area contributed by atoms with E-state index in [4.69, 9.17) is 19.5 Å². The van der Waals surface area contributed by atoms with Crippen LogP contribution in [-0.2, 0) is 18.6 Å². The lowest BCUT2D eigenvalue weighted by atomic mass is 9.97. The number of rotatable bonds is 10. The Hall–Kier alpha value is -2.90. The lowest BCUT2D eigenvalue weighted by Crippen LogP contribution is -2.48. The fourth-order valence-electron chi connectivity index (χ4n) is 3.95. The van der Waals surface area contributed by atoms with Gasteiger partial charge in [0.2, 0.25) is 0 Å². The lowest BCUT2D eigenvalue weighted by Gasteiger charge is -2.36. The lowest BCUT2D eigenvalue weighted by molar-refractivity contribution is -0.204. The number of nitrogen functional groups attached to an aromatic ring is 1. The number of nitrogens with two attached hydrogens (primary N) is 1. The maximum absolute atomic E-state index is 15.9. The number of anilines is 1. The molecular weight excluding hydrogens is 517 g/mol. The third-order valence-corrected chi connectivity index (χ3v) is 8.06. The van der Waals surface area contributed by atoms with Crippen molar-refractivity contribution >= 4 is 19.5 Å². The number of carboxylic acids is 1. The summed E-state index contributed by atoms with van der Waals surface area (Å²) in [5.41, 5.74) is 1.49. The van der Waals surface area contributed by atoms with Gasteiger partial charge in [0, 0.05) is 12.2 Å². The first kappa shape index (κ1) is 28.7. The van der Waals surface area contributed by atoms with E-state index in [0.29, 0.717) is 4.57 Å². The standard InChI is InChI=1S/C22H29F2N4O8P/c1-13(2)28(14(3)17(29)30)37(33,36-15-8-6-5-7-9-15)34-12-22(24)18(31)21(4,23)19(35-22)27-11-10-16(25)26-20(27)32/h5-11,13-14,18-19,31H,12H2,1-4H3,(H,29,30)(H2,25,26,32)/t14-,18-,19+,21+,22+,37+/m0/s1. The van der Waals surface area contributed by atoms with Crippen molar-refractivity contribution in [2.45, 2.75) is 63.6 Å². The van der Waals surface area contributed by atoms with Gasteiger partial charge < -0.3 is 25.2 Å². The maximum atomic E-state index is 15.9. The number of aliphatic hydroxyl groups excluding tert-OH is 1. The summed E-state index contributed by atoms with van der Waals surface area (Å²) in [7, 11) is -4.69. The van der Waals surface area contributed by atoms with Gasteiger partial charge in [0.05, 0.1) is 0 Å². The summed E-state index contributed by atoms with van der Waals surface area (Å²) in [4.78, 5) is 27.4. The van der Waals surface area contributed by atoms with Crippen LogP contribution in [0.5, 0.6) is 5.75 Å². The van der Waals surface area contributed by atoms with E-state index in [9.17, 15) is 24.4 Å². The summed E-state index contributed by atoms with van der Waals surface area (Å²) in [5, 5.41) is 20.1. The van der Waals surface area contributed by atoms with E-state index in [-0.39, 0.29) is 11.6 Å². The minimum Gasteiger partial charge on any atom is -0.480 e. The first-order chi connectivity index (χ1) is 17.1. The zero-order chi connectivity index (χ0) is 27.8. The molecule has 0 aliphatic carbocycles. The number of hydrogen-bond acceptors (Lipinski definition) is 9. The number of aliphatic carboxylic acids is 1. The molecule has 0 saturated carbocycles. The van der Waals surface area contributed by atoms with Gasteiger partial charge in [0.15, 0.2) is 18.0 Å². The van der Waals surface area contributed by atoms with Crippen molar-refractivity contribution in [2.24, 2.45) is 0 Å². The fraction of sp³-hybridized carbons (Fsp3) is 0.500. The number of alkyl halides is 2. The molecule has 6 atom stereocenters. The van der Waals surface area contributed by atoms with Gasteiger partial charge in [0.1, 0.15) is 24.2 Å². The number of aliphatic hydroxyl groups is 1. The highest BCUT2D eigenvalue weighted by Crippen LogP contribution is 2.56. The number of para-hydroxylation sites is 1. The quantitative estimate of drug-likeness (QED) is 0.375. The number of nitrogens with zero attached hydrogens (tertiary/aromatic N) is 3. The molecule has 37 heavy (non-hydrogen) atoms. The molecule has 4 N–H and O–H groups in total. The zero-order valence-corrected chi connectivity index (χ0v) is 21.4. The van der Waals surface area contributed by atoms with E-state index < -0.39 is 62.0 Å². The highest BCUT2D eigenvalue weighted by molar-refractivity contribution is 7.51. The maximum Gasteiger partial charge on any atom is 0.462 e. The summed E-state index contributed by atoms with van der Waals surface area (Å²) in [6.45, 7) is 3.73. The SMILES string of the molecule is CC(C)N([C@@H](C)C(=O)O)[P@@](=O)(OC[C@@]1(F)O[C@@H](n2ccc(N)nc2=O)[C@](C)(F)[C@@H]1O)Oc1ccccc1. The Kier molecular flexibility index (Phi) is 8.11. The largest absolute Gasteiger partial charge is 0.480 e. The van der Waals surface area contributed by atoms with E-state index in [1.807, 2.05) is 0 Å². The summed E-state index contributed by atoms with van der Waals surface area (Å²) < 4.78 is 63.0. The molecule has 0 bridgehead atoms. The number of hydrogen-bond donors (Lipinski definition) is 3. The molecule has 0 radical (unpaired) electrons. The second-order valence-corrected chi connectivity index (χ2v) is 10.8. The van der Waals surface area contributed by atoms with E-state index in [2.05, 4.69) is 4.98 Å². The second-order valence-electron chi connectivity index (χ2n) is 8.99. The van der Waals surface area contributed by atoms with Crippen LogP contribution in [0.1, 0.15) is 33.9 Å². The Labute approximate surface area is 211 Å². The average molecular weight is 546 g/mol. The van der Waals surface area contributed by atoms with Gasteiger partial charge in [-0.15, -0.1) is 0 Å². The Balaban J connectivity index is 1.97. The molecule has 3 rings (SSSR count). The van der Waals surface area contributed by atoms with Crippen molar-refractivity contribution in [3.05, 3.63) is 53.1 Å². The van der Waals surface area contributed by atoms with Crippen molar-refractivity contribution in [2.75, 3.05) is 12.3 Å². The molecule has 1 aromatic heterocycles. The highest BCUT2D eigenvalue weighted by atomic mass is 31.2. The van der Waals surface area contributed by atoms with Crippen LogP contribution in [0, 0.1) is 0 Å². The predicted molar refractivity (Wildman–Crippen MR) is 127 cm³/mol. The third-order valence-electron chi connectivity index (χ3n) is 5.79. The van der Waals surface area contributed by atoms with Crippen molar-refractivity contribution in [3.8, 4) is 5.75 Å². The molecular formula is C22H29F2N4O8P. The van der Waals surface area contributed by atoms with Crippen LogP contribution in [0.2, 0.25) is 0 Å². The van der Waals surface area contributed by atoms with Crippen LogP contribution >= 0.6 is 7.75 Å². The van der Waals surface area contributed by atoms with Gasteiger partial charge in [0.25, 0.3) is 5.85 Å². The minimum absolute atomic E-state index is 0.0163. The fourth-order valence-corrected chi connectivity index (χ4v) is 6.04. The van der Waals surface area contributed by atoms with Crippen molar-refractivity contribution in [1.82, 2.24) is 14.2 Å². The van der Waals surface area contributed by atoms with Crippen LogP contribution in [0.25, 0.3) is 0 Å². The van der Waals surface area contributed by atoms with Crippen LogP contribution in [0.15, 0.2) is 47.4 Å². The van der Waals surface area contributed by atoms with Crippen LogP contribution < -0.4 is 15.9 Å². The first-order valence-electron chi connectivity index (χ1n) is 11.2. The number of benzene rings is 1. The third kappa shape index (κ3) is 5.68. The molecule has 15 heteroatoms. The van der Waals surface area contributed by atoms with Crippen molar-refractivity contribution < 1.29 is 42.1 Å². The summed E-state index contributed by atoms with van der Waals surface area (Å²) in [6, 6.07) is 6.58. The van der Waals surface area contributed by atoms with Crippen molar-refractivity contribution in [1.29, 1.82) is 0 Å². The molecule has 12 nitrogen and oxygen atoms in total. The second kappa shape index (κ2) is 10.5. The topological polar surface area (TPSA) is 166 Å². The van der Waals surface area contributed by atoms with E-state index in [1.165, 1.54) is 32.9 Å². The van der Waals surface area contributed by atoms with Gasteiger partial charge in [-0.1, -0.05) is 18.2 Å². The van der Waals surface area contributed by atoms with E-state index in [0.717, 1.165) is 23.9 Å². The molecule has 1 aliphatic heterocycles. The molecule has 2 aromatic rings. The number of ether oxygens (including phenoxy) is 1. The monoisotopic (exact) mass is 546 g/mol. The average Bonchev–Trinajstić information content (AvgIpc) is 2.98. The minimum atomic E-state index is -4.69. The summed E-state index contributed by atoms with van der Waals surface area (Å²) in [6.07, 6.45) is -3.50. The number of halogens is 2. The predicted octanol–water partition coefficient (Wildman–Crippen LogP) is 2.50. The van der Waals surface area contributed by atoms with Crippen molar-refractivity contribution in [3.63, 3.8) is 0 Å². The zero-order valence-electron chi connectivity index (χ0n) is 20.5. The molecule has 1 aliphatic rings. The molecule has 2 heterocycles. The molecule has 204 valence electrons. The molecule has 1 saturated heterocycles. The molecule has 1 aromatic carbocycles. The first-order valence-corrected chi connectivity index (χ1v) is 12.7. The van der Waals surface area contributed by atoms with Gasteiger partial charge in [-0.3, -0.25) is 13.9 Å². The van der Waals surface area contributed by atoms with Crippen LogP contribution in [0.4, 0.5) is 14.6 Å². The Morgan fingerprint density at radius 3 is 2.46 bits per heavy atom.